The SMILES string of the molecule is O=C(CC12CC3CC(CC(C3)C1)C2)NCCS(=O)(=O)c1ccc(Cl)cc1. The van der Waals surface area contributed by atoms with Crippen LogP contribution in [0.1, 0.15) is 44.9 Å². The summed E-state index contributed by atoms with van der Waals surface area (Å²) in [4.78, 5) is 12.7. The van der Waals surface area contributed by atoms with Crippen molar-refractivity contribution < 1.29 is 13.2 Å². The standard InChI is InChI=1S/C20H26ClNO3S/c21-17-1-3-18(4-2-17)26(24,25)6-5-22-19(23)13-20-10-14-7-15(11-20)9-16(8-14)12-20/h1-4,14-16H,5-13H2,(H,22,23). The van der Waals surface area contributed by atoms with E-state index in [1.165, 1.54) is 50.7 Å². The van der Waals surface area contributed by atoms with Gasteiger partial charge in [-0.25, -0.2) is 8.42 Å². The van der Waals surface area contributed by atoms with Crippen LogP contribution in [0.5, 0.6) is 0 Å². The highest BCUT2D eigenvalue weighted by Gasteiger charge is 2.51. The Balaban J connectivity index is 1.30. The van der Waals surface area contributed by atoms with Gasteiger partial charge in [0.2, 0.25) is 5.91 Å². The molecule has 0 saturated heterocycles. The van der Waals surface area contributed by atoms with E-state index in [-0.39, 0.29) is 28.5 Å². The zero-order valence-corrected chi connectivity index (χ0v) is 16.5. The number of carbonyl (C=O) groups excluding carboxylic acids is 1. The highest BCUT2D eigenvalue weighted by molar-refractivity contribution is 7.91. The van der Waals surface area contributed by atoms with Crippen LogP contribution in [0.2, 0.25) is 5.02 Å². The van der Waals surface area contributed by atoms with E-state index in [0.29, 0.717) is 11.4 Å². The lowest BCUT2D eigenvalue weighted by Gasteiger charge is -2.56. The molecule has 4 fully saturated rings. The zero-order valence-electron chi connectivity index (χ0n) is 14.9. The van der Waals surface area contributed by atoms with Crippen LogP contribution in [0, 0.1) is 23.2 Å². The van der Waals surface area contributed by atoms with Crippen molar-refractivity contribution in [3.8, 4) is 0 Å². The highest BCUT2D eigenvalue weighted by atomic mass is 35.5. The van der Waals surface area contributed by atoms with Gasteiger partial charge in [-0.3, -0.25) is 4.79 Å². The minimum absolute atomic E-state index is 0.0123. The fourth-order valence-corrected chi connectivity index (χ4v) is 7.28. The van der Waals surface area contributed by atoms with Crippen LogP contribution in [0.25, 0.3) is 0 Å². The lowest BCUT2D eigenvalue weighted by Crippen LogP contribution is -2.48. The van der Waals surface area contributed by atoms with E-state index in [1.54, 1.807) is 12.1 Å². The topological polar surface area (TPSA) is 63.2 Å². The minimum Gasteiger partial charge on any atom is -0.355 e. The van der Waals surface area contributed by atoms with E-state index in [0.717, 1.165) is 17.8 Å². The van der Waals surface area contributed by atoms with Gasteiger partial charge in [0.1, 0.15) is 0 Å². The monoisotopic (exact) mass is 395 g/mol. The molecule has 4 aliphatic rings. The van der Waals surface area contributed by atoms with E-state index < -0.39 is 9.84 Å². The molecule has 26 heavy (non-hydrogen) atoms. The van der Waals surface area contributed by atoms with Gasteiger partial charge >= 0.3 is 0 Å². The first-order valence-corrected chi connectivity index (χ1v) is 11.6. The summed E-state index contributed by atoms with van der Waals surface area (Å²) < 4.78 is 24.7. The maximum absolute atomic E-state index is 12.5. The van der Waals surface area contributed by atoms with Crippen molar-refractivity contribution in [3.05, 3.63) is 29.3 Å². The Bertz CT molecular complexity index is 752. The predicted octanol–water partition coefficient (Wildman–Crippen LogP) is 3.84. The quantitative estimate of drug-likeness (QED) is 0.795. The fraction of sp³-hybridized carbons (Fsp3) is 0.650. The van der Waals surface area contributed by atoms with Crippen LogP contribution < -0.4 is 5.32 Å². The van der Waals surface area contributed by atoms with Gasteiger partial charge in [0.25, 0.3) is 0 Å². The molecule has 4 bridgehead atoms. The summed E-state index contributed by atoms with van der Waals surface area (Å²) >= 11 is 5.80. The van der Waals surface area contributed by atoms with Crippen molar-refractivity contribution >= 4 is 27.3 Å². The third-order valence-corrected chi connectivity index (χ3v) is 8.55. The maximum Gasteiger partial charge on any atom is 0.220 e. The Hall–Kier alpha value is -1.07. The average Bonchev–Trinajstić information content (AvgIpc) is 2.53. The molecular weight excluding hydrogens is 370 g/mol. The third-order valence-electron chi connectivity index (χ3n) is 6.57. The third kappa shape index (κ3) is 3.79. The van der Waals surface area contributed by atoms with Crippen molar-refractivity contribution in [1.29, 1.82) is 0 Å². The summed E-state index contributed by atoms with van der Waals surface area (Å²) in [6.07, 6.45) is 8.22. The molecule has 4 aliphatic carbocycles. The number of amides is 1. The summed E-state index contributed by atoms with van der Waals surface area (Å²) in [5.74, 6) is 2.39. The van der Waals surface area contributed by atoms with E-state index in [2.05, 4.69) is 5.32 Å². The summed E-state index contributed by atoms with van der Waals surface area (Å²) in [7, 11) is -3.40. The first-order valence-electron chi connectivity index (χ1n) is 9.59. The molecule has 1 N–H and O–H groups in total. The van der Waals surface area contributed by atoms with Crippen molar-refractivity contribution in [2.75, 3.05) is 12.3 Å². The molecule has 0 radical (unpaired) electrons. The van der Waals surface area contributed by atoms with Crippen LogP contribution in [0.15, 0.2) is 29.2 Å². The van der Waals surface area contributed by atoms with Crippen LogP contribution >= 0.6 is 11.6 Å². The summed E-state index contributed by atoms with van der Waals surface area (Å²) in [5, 5.41) is 3.36. The number of sulfone groups is 1. The van der Waals surface area contributed by atoms with Crippen LogP contribution in [-0.2, 0) is 14.6 Å². The Kier molecular flexibility index (Phi) is 4.81. The van der Waals surface area contributed by atoms with Gasteiger partial charge in [-0.15, -0.1) is 0 Å². The molecule has 1 aromatic rings. The predicted molar refractivity (Wildman–Crippen MR) is 102 cm³/mol. The summed E-state index contributed by atoms with van der Waals surface area (Å²) in [6.45, 7) is 0.163. The van der Waals surface area contributed by atoms with Crippen molar-refractivity contribution in [2.24, 2.45) is 23.2 Å². The number of hydrogen-bond donors (Lipinski definition) is 1. The second-order valence-corrected chi connectivity index (χ2v) is 11.3. The Morgan fingerprint density at radius 2 is 1.58 bits per heavy atom. The number of rotatable bonds is 6. The highest BCUT2D eigenvalue weighted by Crippen LogP contribution is 2.61. The Morgan fingerprint density at radius 3 is 2.12 bits per heavy atom. The smallest absolute Gasteiger partial charge is 0.220 e. The molecule has 142 valence electrons. The van der Waals surface area contributed by atoms with Crippen molar-refractivity contribution in [2.45, 2.75) is 49.8 Å². The largest absolute Gasteiger partial charge is 0.355 e. The molecule has 0 aliphatic heterocycles. The number of benzene rings is 1. The van der Waals surface area contributed by atoms with Gasteiger partial charge in [0, 0.05) is 18.0 Å². The Morgan fingerprint density at radius 1 is 1.04 bits per heavy atom. The summed E-state index contributed by atoms with van der Waals surface area (Å²) in [5.41, 5.74) is 0.188. The summed E-state index contributed by atoms with van der Waals surface area (Å²) in [6, 6.07) is 6.16. The first kappa shape index (κ1) is 18.3. The van der Waals surface area contributed by atoms with Gasteiger partial charge in [0.05, 0.1) is 10.6 Å². The maximum atomic E-state index is 12.5. The molecular formula is C20H26ClNO3S. The van der Waals surface area contributed by atoms with Gasteiger partial charge in [0.15, 0.2) is 9.84 Å². The van der Waals surface area contributed by atoms with E-state index in [1.807, 2.05) is 0 Å². The second-order valence-electron chi connectivity index (χ2n) is 8.72. The number of halogens is 1. The normalized spacial score (nSPS) is 32.6. The Labute approximate surface area is 160 Å². The van der Waals surface area contributed by atoms with Gasteiger partial charge < -0.3 is 5.32 Å². The minimum atomic E-state index is -3.40. The molecule has 0 spiro atoms. The van der Waals surface area contributed by atoms with Crippen LogP contribution in [0.4, 0.5) is 0 Å². The van der Waals surface area contributed by atoms with Gasteiger partial charge in [-0.05, 0) is 86.0 Å². The molecule has 6 heteroatoms. The molecule has 0 heterocycles. The molecule has 5 rings (SSSR count). The van der Waals surface area contributed by atoms with E-state index in [4.69, 9.17) is 11.6 Å². The van der Waals surface area contributed by atoms with E-state index >= 15 is 0 Å². The average molecular weight is 396 g/mol. The fourth-order valence-electron chi connectivity index (χ4n) is 5.99. The molecule has 4 nitrogen and oxygen atoms in total. The number of hydrogen-bond acceptors (Lipinski definition) is 3. The van der Waals surface area contributed by atoms with Crippen molar-refractivity contribution in [1.82, 2.24) is 5.32 Å². The number of carbonyl (C=O) groups is 1. The zero-order chi connectivity index (χ0) is 18.4. The molecule has 4 saturated carbocycles. The van der Waals surface area contributed by atoms with Crippen LogP contribution in [0.3, 0.4) is 0 Å². The van der Waals surface area contributed by atoms with Crippen LogP contribution in [-0.4, -0.2) is 26.6 Å². The number of nitrogens with one attached hydrogen (secondary N) is 1. The van der Waals surface area contributed by atoms with Crippen molar-refractivity contribution in [3.63, 3.8) is 0 Å². The lowest BCUT2D eigenvalue weighted by atomic mass is 9.49. The molecule has 1 amide bonds. The van der Waals surface area contributed by atoms with Gasteiger partial charge in [-0.2, -0.15) is 0 Å². The van der Waals surface area contributed by atoms with E-state index in [9.17, 15) is 13.2 Å². The second kappa shape index (κ2) is 6.83. The lowest BCUT2D eigenvalue weighted by molar-refractivity contribution is -0.129. The molecule has 1 aromatic carbocycles. The first-order chi connectivity index (χ1) is 12.3. The molecule has 0 atom stereocenters. The molecule has 0 unspecified atom stereocenters. The van der Waals surface area contributed by atoms with Gasteiger partial charge in [-0.1, -0.05) is 11.6 Å². The molecule has 0 aromatic heterocycles.